The van der Waals surface area contributed by atoms with E-state index in [0.717, 1.165) is 6.42 Å². The van der Waals surface area contributed by atoms with E-state index in [9.17, 15) is 0 Å². The Hall–Kier alpha value is -2.29. The van der Waals surface area contributed by atoms with Crippen LogP contribution >= 0.6 is 0 Å². The van der Waals surface area contributed by atoms with Gasteiger partial charge in [-0.05, 0) is 13.3 Å². The van der Waals surface area contributed by atoms with Crippen LogP contribution in [0.15, 0.2) is 12.7 Å². The number of methoxy groups -OCH3 is 1. The van der Waals surface area contributed by atoms with E-state index in [4.69, 9.17) is 4.74 Å². The van der Waals surface area contributed by atoms with Gasteiger partial charge in [0, 0.05) is 26.8 Å². The van der Waals surface area contributed by atoms with Gasteiger partial charge in [-0.3, -0.25) is 0 Å². The first-order chi connectivity index (χ1) is 9.72. The van der Waals surface area contributed by atoms with Crippen LogP contribution in [0.3, 0.4) is 0 Å². The molecular formula is C11H18N8O. The summed E-state index contributed by atoms with van der Waals surface area (Å²) in [5.74, 6) is 1.36. The first-order valence-electron chi connectivity index (χ1n) is 6.27. The first kappa shape index (κ1) is 14.1. The van der Waals surface area contributed by atoms with Gasteiger partial charge in [0.05, 0.1) is 0 Å². The van der Waals surface area contributed by atoms with Crippen molar-refractivity contribution in [2.45, 2.75) is 19.4 Å². The van der Waals surface area contributed by atoms with Crippen LogP contribution in [-0.4, -0.2) is 56.5 Å². The van der Waals surface area contributed by atoms with Crippen molar-refractivity contribution in [2.24, 2.45) is 0 Å². The summed E-state index contributed by atoms with van der Waals surface area (Å²) in [5.41, 5.74) is 0. The molecule has 0 bridgehead atoms. The third-order valence-electron chi connectivity index (χ3n) is 2.60. The number of nitrogens with zero attached hydrogens (tertiary/aromatic N) is 6. The summed E-state index contributed by atoms with van der Waals surface area (Å²) in [7, 11) is 3.43. The first-order valence-corrected chi connectivity index (χ1v) is 6.27. The lowest BCUT2D eigenvalue weighted by Gasteiger charge is -2.14. The monoisotopic (exact) mass is 278 g/mol. The van der Waals surface area contributed by atoms with E-state index >= 15 is 0 Å². The van der Waals surface area contributed by atoms with Gasteiger partial charge in [-0.2, -0.15) is 24.7 Å². The highest BCUT2D eigenvalue weighted by molar-refractivity contribution is 5.37. The van der Waals surface area contributed by atoms with Gasteiger partial charge >= 0.3 is 0 Å². The van der Waals surface area contributed by atoms with Crippen molar-refractivity contribution in [2.75, 3.05) is 31.4 Å². The molecule has 20 heavy (non-hydrogen) atoms. The number of anilines is 2. The molecule has 0 saturated heterocycles. The van der Waals surface area contributed by atoms with E-state index in [2.05, 4.69) is 35.7 Å². The highest BCUT2D eigenvalue weighted by Crippen LogP contribution is 2.09. The minimum Gasteiger partial charge on any atom is -0.385 e. The van der Waals surface area contributed by atoms with Gasteiger partial charge in [-0.1, -0.05) is 0 Å². The molecule has 1 atom stereocenters. The Morgan fingerprint density at radius 3 is 2.75 bits per heavy atom. The second kappa shape index (κ2) is 6.75. The second-order valence-electron chi connectivity index (χ2n) is 4.20. The quantitative estimate of drug-likeness (QED) is 0.747. The average molecular weight is 278 g/mol. The van der Waals surface area contributed by atoms with Crippen LogP contribution in [0, 0.1) is 0 Å². The summed E-state index contributed by atoms with van der Waals surface area (Å²) in [6, 6.07) is 0.186. The Morgan fingerprint density at radius 2 is 2.10 bits per heavy atom. The molecule has 0 radical (unpaired) electrons. The lowest BCUT2D eigenvalue weighted by molar-refractivity contribution is 0.191. The summed E-state index contributed by atoms with van der Waals surface area (Å²) in [6.45, 7) is 2.71. The van der Waals surface area contributed by atoms with Crippen LogP contribution in [0.1, 0.15) is 13.3 Å². The van der Waals surface area contributed by atoms with Gasteiger partial charge in [0.25, 0.3) is 5.95 Å². The molecule has 2 heterocycles. The Morgan fingerprint density at radius 1 is 1.30 bits per heavy atom. The molecule has 0 aromatic carbocycles. The molecule has 2 N–H and O–H groups in total. The van der Waals surface area contributed by atoms with Crippen LogP contribution in [0.2, 0.25) is 0 Å². The fraction of sp³-hybridized carbons (Fsp3) is 0.545. The van der Waals surface area contributed by atoms with E-state index in [-0.39, 0.29) is 6.04 Å². The molecule has 0 saturated carbocycles. The van der Waals surface area contributed by atoms with Crippen molar-refractivity contribution in [3.8, 4) is 5.95 Å². The molecular weight excluding hydrogens is 260 g/mol. The molecule has 0 fully saturated rings. The molecule has 0 amide bonds. The van der Waals surface area contributed by atoms with Crippen LogP contribution < -0.4 is 10.6 Å². The van der Waals surface area contributed by atoms with Crippen molar-refractivity contribution in [3.05, 3.63) is 12.7 Å². The van der Waals surface area contributed by atoms with Crippen molar-refractivity contribution < 1.29 is 4.74 Å². The van der Waals surface area contributed by atoms with Gasteiger partial charge < -0.3 is 15.4 Å². The van der Waals surface area contributed by atoms with Crippen molar-refractivity contribution in [3.63, 3.8) is 0 Å². The third-order valence-corrected chi connectivity index (χ3v) is 2.60. The highest BCUT2D eigenvalue weighted by Gasteiger charge is 2.10. The predicted molar refractivity (Wildman–Crippen MR) is 73.9 cm³/mol. The van der Waals surface area contributed by atoms with E-state index in [1.54, 1.807) is 14.2 Å². The van der Waals surface area contributed by atoms with E-state index in [0.29, 0.717) is 24.5 Å². The maximum Gasteiger partial charge on any atom is 0.258 e. The van der Waals surface area contributed by atoms with Gasteiger partial charge in [-0.15, -0.1) is 0 Å². The molecule has 2 rings (SSSR count). The van der Waals surface area contributed by atoms with E-state index in [1.807, 2.05) is 6.92 Å². The van der Waals surface area contributed by atoms with Crippen molar-refractivity contribution in [1.29, 1.82) is 0 Å². The Bertz CT molecular complexity index is 529. The summed E-state index contributed by atoms with van der Waals surface area (Å²) in [5, 5.41) is 10.1. The number of nitrogens with one attached hydrogen (secondary N) is 2. The van der Waals surface area contributed by atoms with Gasteiger partial charge in [0.1, 0.15) is 12.7 Å². The Kier molecular flexibility index (Phi) is 4.77. The lowest BCUT2D eigenvalue weighted by Crippen LogP contribution is -2.20. The van der Waals surface area contributed by atoms with Crippen molar-refractivity contribution >= 4 is 11.9 Å². The number of hydrogen-bond acceptors (Lipinski definition) is 8. The number of aromatic nitrogens is 6. The molecule has 9 nitrogen and oxygen atoms in total. The zero-order valence-electron chi connectivity index (χ0n) is 11.7. The van der Waals surface area contributed by atoms with Crippen LogP contribution in [0.4, 0.5) is 11.9 Å². The maximum absolute atomic E-state index is 5.05. The van der Waals surface area contributed by atoms with Crippen LogP contribution in [0.25, 0.3) is 5.95 Å². The standard InChI is InChI=1S/C11H18N8O/c1-8(4-5-20-3)15-10-16-9(12-2)17-11(18-10)19-7-13-6-14-19/h6-8H,4-5H2,1-3H3,(H2,12,15,16,17,18). The molecule has 0 spiro atoms. The molecule has 0 aliphatic heterocycles. The van der Waals surface area contributed by atoms with Crippen molar-refractivity contribution in [1.82, 2.24) is 29.7 Å². The largest absolute Gasteiger partial charge is 0.385 e. The van der Waals surface area contributed by atoms with Gasteiger partial charge in [0.15, 0.2) is 0 Å². The van der Waals surface area contributed by atoms with E-state index in [1.165, 1.54) is 17.3 Å². The summed E-state index contributed by atoms with van der Waals surface area (Å²) in [6.07, 6.45) is 3.82. The fourth-order valence-corrected chi connectivity index (χ4v) is 1.54. The van der Waals surface area contributed by atoms with Gasteiger partial charge in [-0.25, -0.2) is 4.98 Å². The topological polar surface area (TPSA) is 103 Å². The molecule has 0 aliphatic rings. The molecule has 108 valence electrons. The summed E-state index contributed by atoms with van der Waals surface area (Å²) in [4.78, 5) is 16.7. The maximum atomic E-state index is 5.05. The summed E-state index contributed by atoms with van der Waals surface area (Å²) < 4.78 is 6.53. The number of hydrogen-bond donors (Lipinski definition) is 2. The second-order valence-corrected chi connectivity index (χ2v) is 4.20. The lowest BCUT2D eigenvalue weighted by atomic mass is 10.2. The normalized spacial score (nSPS) is 12.2. The fourth-order valence-electron chi connectivity index (χ4n) is 1.54. The molecule has 1 unspecified atom stereocenters. The molecule has 2 aromatic heterocycles. The molecule has 2 aromatic rings. The third kappa shape index (κ3) is 3.60. The average Bonchev–Trinajstić information content (AvgIpc) is 2.99. The van der Waals surface area contributed by atoms with Gasteiger partial charge in [0.2, 0.25) is 11.9 Å². The Labute approximate surface area is 116 Å². The minimum absolute atomic E-state index is 0.186. The zero-order valence-corrected chi connectivity index (χ0v) is 11.7. The number of ether oxygens (including phenoxy) is 1. The van der Waals surface area contributed by atoms with Crippen LogP contribution in [-0.2, 0) is 4.74 Å². The SMILES string of the molecule is CNc1nc(NC(C)CCOC)nc(-n2cncn2)n1. The van der Waals surface area contributed by atoms with E-state index < -0.39 is 0 Å². The zero-order chi connectivity index (χ0) is 14.4. The Balaban J connectivity index is 2.18. The molecule has 9 heteroatoms. The molecule has 0 aliphatic carbocycles. The number of rotatable bonds is 7. The smallest absolute Gasteiger partial charge is 0.258 e. The highest BCUT2D eigenvalue weighted by atomic mass is 16.5. The predicted octanol–water partition coefficient (Wildman–Crippen LogP) is 0.331. The summed E-state index contributed by atoms with van der Waals surface area (Å²) >= 11 is 0. The van der Waals surface area contributed by atoms with Crippen LogP contribution in [0.5, 0.6) is 0 Å². The minimum atomic E-state index is 0.186.